The van der Waals surface area contributed by atoms with Crippen molar-refractivity contribution in [3.8, 4) is 6.07 Å². The molecule has 0 unspecified atom stereocenters. The number of nitriles is 1. The Hall–Kier alpha value is -2.96. The van der Waals surface area contributed by atoms with E-state index in [1.165, 1.54) is 11.8 Å². The molecule has 9 heteroatoms. The smallest absolute Gasteiger partial charge is 0.210 e. The number of carbonyl (C=O) groups is 1. The number of rotatable bonds is 8. The number of nitrogens with zero attached hydrogens (tertiary/aromatic N) is 6. The lowest BCUT2D eigenvalue weighted by Crippen LogP contribution is -2.06. The van der Waals surface area contributed by atoms with Gasteiger partial charge in [-0.25, -0.2) is 4.68 Å². The van der Waals surface area contributed by atoms with E-state index in [9.17, 15) is 4.79 Å². The van der Waals surface area contributed by atoms with Crippen LogP contribution in [0.5, 0.6) is 0 Å². The summed E-state index contributed by atoms with van der Waals surface area (Å²) in [7, 11) is 0. The van der Waals surface area contributed by atoms with Crippen molar-refractivity contribution in [2.75, 3.05) is 5.75 Å². The van der Waals surface area contributed by atoms with Gasteiger partial charge in [-0.2, -0.15) is 5.26 Å². The minimum Gasteiger partial charge on any atom is -0.346 e. The van der Waals surface area contributed by atoms with Gasteiger partial charge >= 0.3 is 0 Å². The molecule has 0 spiro atoms. The lowest BCUT2D eigenvalue weighted by Gasteiger charge is -2.02. The highest BCUT2D eigenvalue weighted by Crippen LogP contribution is 2.25. The molecule has 140 valence electrons. The summed E-state index contributed by atoms with van der Waals surface area (Å²) in [5.74, 6) is 0.263. The highest BCUT2D eigenvalue weighted by atomic mass is 32.2. The van der Waals surface area contributed by atoms with Crippen LogP contribution in [0.15, 0.2) is 53.1 Å². The van der Waals surface area contributed by atoms with Gasteiger partial charge in [-0.15, -0.1) is 16.4 Å². The number of tetrazole rings is 1. The van der Waals surface area contributed by atoms with Crippen LogP contribution in [0.3, 0.4) is 0 Å². The van der Waals surface area contributed by atoms with Crippen LogP contribution in [0.25, 0.3) is 10.9 Å². The molecule has 0 N–H and O–H groups in total. The molecule has 28 heavy (non-hydrogen) atoms. The quantitative estimate of drug-likeness (QED) is 0.327. The molecule has 0 atom stereocenters. The van der Waals surface area contributed by atoms with Crippen LogP contribution in [0.2, 0.25) is 0 Å². The number of fused-ring (bicyclic) bond motifs is 1. The molecule has 0 fully saturated rings. The summed E-state index contributed by atoms with van der Waals surface area (Å²) in [4.78, 5) is 14.0. The fourth-order valence-corrected chi connectivity index (χ4v) is 4.43. The van der Waals surface area contributed by atoms with Crippen molar-refractivity contribution in [3.63, 3.8) is 0 Å². The maximum atomic E-state index is 12.9. The van der Waals surface area contributed by atoms with Crippen molar-refractivity contribution in [1.82, 2.24) is 24.8 Å². The Bertz CT molecular complexity index is 1140. The topological polar surface area (TPSA) is 89.4 Å². The number of ketones is 1. The zero-order valence-electron chi connectivity index (χ0n) is 14.9. The Labute approximate surface area is 169 Å². The predicted molar refractivity (Wildman–Crippen MR) is 108 cm³/mol. The van der Waals surface area contributed by atoms with E-state index in [1.807, 2.05) is 52.5 Å². The van der Waals surface area contributed by atoms with Crippen LogP contribution in [0, 0.1) is 11.3 Å². The molecule has 0 bridgehead atoms. The Morgan fingerprint density at radius 2 is 2.14 bits per heavy atom. The zero-order valence-corrected chi connectivity index (χ0v) is 16.5. The number of thiophene rings is 1. The number of aromatic nitrogens is 5. The monoisotopic (exact) mass is 408 g/mol. The van der Waals surface area contributed by atoms with Gasteiger partial charge in [-0.05, 0) is 27.9 Å². The number of Topliss-reactive ketones (excluding diaryl/α,β-unsaturated/α-hetero) is 1. The number of hydrogen-bond donors (Lipinski definition) is 0. The first kappa shape index (κ1) is 18.4. The minimum absolute atomic E-state index is 0.0163. The minimum atomic E-state index is 0.0163. The fourth-order valence-electron chi connectivity index (χ4n) is 2.98. The summed E-state index contributed by atoms with van der Waals surface area (Å²) in [6, 6.07) is 13.9. The van der Waals surface area contributed by atoms with Gasteiger partial charge in [0.2, 0.25) is 5.16 Å². The second kappa shape index (κ2) is 8.37. The number of carbonyl (C=O) groups excluding carboxylic acids is 1. The van der Waals surface area contributed by atoms with Gasteiger partial charge in [0.15, 0.2) is 5.78 Å². The van der Waals surface area contributed by atoms with Gasteiger partial charge in [-0.3, -0.25) is 4.79 Å². The van der Waals surface area contributed by atoms with Gasteiger partial charge in [0.1, 0.15) is 0 Å². The average Bonchev–Trinajstić information content (AvgIpc) is 3.45. The van der Waals surface area contributed by atoms with Gasteiger partial charge in [0, 0.05) is 34.1 Å². The molecule has 7 nitrogen and oxygen atoms in total. The Balaban J connectivity index is 1.51. The van der Waals surface area contributed by atoms with E-state index < -0.39 is 0 Å². The van der Waals surface area contributed by atoms with Crippen LogP contribution < -0.4 is 0 Å². The molecular weight excluding hydrogens is 392 g/mol. The number of aryl methyl sites for hydroxylation is 1. The van der Waals surface area contributed by atoms with E-state index in [2.05, 4.69) is 21.6 Å². The highest BCUT2D eigenvalue weighted by Gasteiger charge is 2.17. The third-order valence-corrected chi connectivity index (χ3v) is 6.09. The number of hydrogen-bond acceptors (Lipinski definition) is 7. The molecule has 4 rings (SSSR count). The van der Waals surface area contributed by atoms with Crippen LogP contribution in [-0.4, -0.2) is 36.3 Å². The van der Waals surface area contributed by atoms with E-state index in [0.717, 1.165) is 15.8 Å². The molecule has 0 aliphatic carbocycles. The van der Waals surface area contributed by atoms with Crippen molar-refractivity contribution >= 4 is 39.8 Å². The molecule has 0 aliphatic heterocycles. The van der Waals surface area contributed by atoms with E-state index >= 15 is 0 Å². The fraction of sp³-hybridized carbons (Fsp3) is 0.211. The molecule has 3 aromatic heterocycles. The molecule has 3 heterocycles. The average molecular weight is 409 g/mol. The predicted octanol–water partition coefficient (Wildman–Crippen LogP) is 3.63. The first-order valence-corrected chi connectivity index (χ1v) is 10.5. The van der Waals surface area contributed by atoms with Crippen LogP contribution in [0.1, 0.15) is 21.7 Å². The third kappa shape index (κ3) is 3.83. The van der Waals surface area contributed by atoms with Gasteiger partial charge in [0.25, 0.3) is 0 Å². The Kier molecular flexibility index (Phi) is 5.50. The maximum Gasteiger partial charge on any atom is 0.210 e. The molecule has 0 radical (unpaired) electrons. The van der Waals surface area contributed by atoms with Gasteiger partial charge in [-0.1, -0.05) is 36.0 Å². The van der Waals surface area contributed by atoms with E-state index in [1.54, 1.807) is 16.0 Å². The van der Waals surface area contributed by atoms with Crippen LogP contribution in [0.4, 0.5) is 0 Å². The summed E-state index contributed by atoms with van der Waals surface area (Å²) >= 11 is 2.98. The molecule has 0 aliphatic rings. The second-order valence-electron chi connectivity index (χ2n) is 6.07. The van der Waals surface area contributed by atoms with Crippen molar-refractivity contribution in [2.24, 2.45) is 0 Å². The molecule has 0 amide bonds. The zero-order chi connectivity index (χ0) is 19.3. The normalized spacial score (nSPS) is 11.0. The van der Waals surface area contributed by atoms with Crippen molar-refractivity contribution in [3.05, 3.63) is 58.4 Å². The molecular formula is C19H16N6OS2. The van der Waals surface area contributed by atoms with E-state index in [4.69, 9.17) is 5.26 Å². The number of benzene rings is 1. The largest absolute Gasteiger partial charge is 0.346 e. The Morgan fingerprint density at radius 1 is 1.25 bits per heavy atom. The van der Waals surface area contributed by atoms with E-state index in [0.29, 0.717) is 30.2 Å². The van der Waals surface area contributed by atoms with Gasteiger partial charge < -0.3 is 4.57 Å². The molecule has 4 aromatic rings. The molecule has 1 aromatic carbocycles. The number of para-hydroxylation sites is 1. The standard InChI is InChI=1S/C19H16N6OS2/c20-8-4-9-24-12-16(15-6-1-2-7-17(15)24)18(26)13-28-19-21-22-23-25(19)11-14-5-3-10-27-14/h1-3,5-7,10,12H,4,9,11,13H2. The van der Waals surface area contributed by atoms with E-state index in [-0.39, 0.29) is 11.5 Å². The lowest BCUT2D eigenvalue weighted by atomic mass is 10.1. The molecule has 0 saturated carbocycles. The first-order valence-electron chi connectivity index (χ1n) is 8.65. The summed E-state index contributed by atoms with van der Waals surface area (Å²) in [5, 5.41) is 24.2. The number of thioether (sulfide) groups is 1. The summed E-state index contributed by atoms with van der Waals surface area (Å²) in [6.07, 6.45) is 2.25. The third-order valence-electron chi connectivity index (χ3n) is 4.27. The summed E-state index contributed by atoms with van der Waals surface area (Å²) in [5.41, 5.74) is 1.63. The summed E-state index contributed by atoms with van der Waals surface area (Å²) < 4.78 is 3.68. The lowest BCUT2D eigenvalue weighted by molar-refractivity contribution is 0.102. The highest BCUT2D eigenvalue weighted by molar-refractivity contribution is 7.99. The first-order chi connectivity index (χ1) is 13.8. The van der Waals surface area contributed by atoms with Crippen LogP contribution >= 0.6 is 23.1 Å². The SMILES string of the molecule is N#CCCn1cc(C(=O)CSc2nnnn2Cc2cccs2)c2ccccc21. The van der Waals surface area contributed by atoms with Crippen molar-refractivity contribution < 1.29 is 4.79 Å². The Morgan fingerprint density at radius 3 is 2.96 bits per heavy atom. The second-order valence-corrected chi connectivity index (χ2v) is 8.05. The van der Waals surface area contributed by atoms with Crippen LogP contribution in [-0.2, 0) is 13.1 Å². The maximum absolute atomic E-state index is 12.9. The van der Waals surface area contributed by atoms with Gasteiger partial charge in [0.05, 0.1) is 24.8 Å². The van der Waals surface area contributed by atoms with Crippen molar-refractivity contribution in [2.45, 2.75) is 24.7 Å². The van der Waals surface area contributed by atoms with Crippen molar-refractivity contribution in [1.29, 1.82) is 5.26 Å². The summed E-state index contributed by atoms with van der Waals surface area (Å²) in [6.45, 7) is 1.16. The molecule has 0 saturated heterocycles.